The smallest absolute Gasteiger partial charge is 0.230 e. The van der Waals surface area contributed by atoms with E-state index in [1.54, 1.807) is 24.3 Å². The predicted molar refractivity (Wildman–Crippen MR) is 111 cm³/mol. The number of hydrogen-bond donors (Lipinski definition) is 0. The van der Waals surface area contributed by atoms with Gasteiger partial charge < -0.3 is 4.74 Å². The summed E-state index contributed by atoms with van der Waals surface area (Å²) in [6, 6.07) is 12.8. The van der Waals surface area contributed by atoms with Crippen molar-refractivity contribution in [1.82, 2.24) is 4.98 Å². The maximum atomic E-state index is 12.4. The third-order valence-electron chi connectivity index (χ3n) is 4.04. The van der Waals surface area contributed by atoms with Crippen LogP contribution in [-0.4, -0.2) is 10.9 Å². The van der Waals surface area contributed by atoms with Gasteiger partial charge in [-0.1, -0.05) is 17.7 Å². The van der Waals surface area contributed by atoms with Crippen molar-refractivity contribution in [1.29, 1.82) is 5.26 Å². The highest BCUT2D eigenvalue weighted by molar-refractivity contribution is 7.14. The van der Waals surface area contributed by atoms with Gasteiger partial charge in [0.15, 0.2) is 5.13 Å². The molecule has 3 aromatic rings. The number of aryl methyl sites for hydroxylation is 2. The molecule has 0 aliphatic rings. The second kappa shape index (κ2) is 8.42. The van der Waals surface area contributed by atoms with E-state index >= 15 is 0 Å². The van der Waals surface area contributed by atoms with E-state index in [0.717, 1.165) is 11.1 Å². The summed E-state index contributed by atoms with van der Waals surface area (Å²) in [7, 11) is 0. The molecule has 0 N–H and O–H groups in total. The number of ether oxygens (including phenoxy) is 1. The minimum absolute atomic E-state index is 0.164. The molecule has 0 radical (unpaired) electrons. The van der Waals surface area contributed by atoms with E-state index < -0.39 is 0 Å². The summed E-state index contributed by atoms with van der Waals surface area (Å²) in [5.74, 6) is 0.483. The number of rotatable bonds is 5. The van der Waals surface area contributed by atoms with E-state index in [9.17, 15) is 4.79 Å². The van der Waals surface area contributed by atoms with E-state index in [0.29, 0.717) is 32.8 Å². The molecule has 0 saturated carbocycles. The standard InChI is InChI=1S/C21H18ClN3O2S/c1-13-8-14(2)20(19(22)9-13)25(15(3)26)21-24-17(12-28-21)11-27-18-6-4-16(10-23)5-7-18/h4-9,12H,11H2,1-3H3. The minimum atomic E-state index is -0.164. The van der Waals surface area contributed by atoms with Crippen LogP contribution in [0.5, 0.6) is 5.75 Å². The fourth-order valence-electron chi connectivity index (χ4n) is 2.83. The van der Waals surface area contributed by atoms with Gasteiger partial charge in [0.25, 0.3) is 0 Å². The van der Waals surface area contributed by atoms with E-state index in [4.69, 9.17) is 21.6 Å². The number of aromatic nitrogens is 1. The number of benzene rings is 2. The first-order valence-corrected chi connectivity index (χ1v) is 9.79. The zero-order chi connectivity index (χ0) is 20.3. The van der Waals surface area contributed by atoms with Crippen molar-refractivity contribution < 1.29 is 9.53 Å². The number of carbonyl (C=O) groups excluding carboxylic acids is 1. The normalized spacial score (nSPS) is 10.4. The van der Waals surface area contributed by atoms with Crippen molar-refractivity contribution >= 4 is 39.7 Å². The molecule has 142 valence electrons. The lowest BCUT2D eigenvalue weighted by Gasteiger charge is -2.22. The van der Waals surface area contributed by atoms with Gasteiger partial charge in [-0.2, -0.15) is 5.26 Å². The van der Waals surface area contributed by atoms with Crippen LogP contribution in [-0.2, 0) is 11.4 Å². The van der Waals surface area contributed by atoms with Gasteiger partial charge in [-0.05, 0) is 55.3 Å². The Hall–Kier alpha value is -2.88. The molecule has 1 amide bonds. The SMILES string of the molecule is CC(=O)N(c1nc(COc2ccc(C#N)cc2)cs1)c1c(C)cc(C)cc1Cl. The van der Waals surface area contributed by atoms with Gasteiger partial charge >= 0.3 is 0 Å². The van der Waals surface area contributed by atoms with E-state index in [1.807, 2.05) is 31.4 Å². The number of nitriles is 1. The molecule has 1 aromatic heterocycles. The Morgan fingerprint density at radius 1 is 1.29 bits per heavy atom. The van der Waals surface area contributed by atoms with Crippen LogP contribution in [0.15, 0.2) is 41.8 Å². The molecule has 0 aliphatic carbocycles. The summed E-state index contributed by atoms with van der Waals surface area (Å²) >= 11 is 7.79. The third kappa shape index (κ3) is 4.33. The number of carbonyl (C=O) groups is 1. The van der Waals surface area contributed by atoms with Crippen LogP contribution in [0.2, 0.25) is 5.02 Å². The zero-order valence-electron chi connectivity index (χ0n) is 15.7. The summed E-state index contributed by atoms with van der Waals surface area (Å²) in [6.45, 7) is 5.63. The monoisotopic (exact) mass is 411 g/mol. The van der Waals surface area contributed by atoms with Gasteiger partial charge in [-0.25, -0.2) is 4.98 Å². The van der Waals surface area contributed by atoms with E-state index in [-0.39, 0.29) is 12.5 Å². The zero-order valence-corrected chi connectivity index (χ0v) is 17.3. The van der Waals surface area contributed by atoms with Crippen LogP contribution in [0.1, 0.15) is 29.3 Å². The summed E-state index contributed by atoms with van der Waals surface area (Å²) in [6.07, 6.45) is 0. The van der Waals surface area contributed by atoms with Crippen LogP contribution in [0.4, 0.5) is 10.8 Å². The Bertz CT molecular complexity index is 1030. The van der Waals surface area contributed by atoms with E-state index in [2.05, 4.69) is 11.1 Å². The van der Waals surface area contributed by atoms with Gasteiger partial charge in [-0.15, -0.1) is 11.3 Å². The maximum Gasteiger partial charge on any atom is 0.230 e. The van der Waals surface area contributed by atoms with Crippen molar-refractivity contribution in [3.63, 3.8) is 0 Å². The number of nitrogens with zero attached hydrogens (tertiary/aromatic N) is 3. The fourth-order valence-corrected chi connectivity index (χ4v) is 4.09. The van der Waals surface area contributed by atoms with Crippen LogP contribution in [0.25, 0.3) is 0 Å². The van der Waals surface area contributed by atoms with Crippen LogP contribution >= 0.6 is 22.9 Å². The highest BCUT2D eigenvalue weighted by atomic mass is 35.5. The molecule has 0 saturated heterocycles. The topological polar surface area (TPSA) is 66.2 Å². The fraction of sp³-hybridized carbons (Fsp3) is 0.190. The molecule has 2 aromatic carbocycles. The molecular formula is C21H18ClN3O2S. The van der Waals surface area contributed by atoms with Crippen molar-refractivity contribution in [3.05, 3.63) is 69.2 Å². The third-order valence-corrected chi connectivity index (χ3v) is 5.20. The molecule has 0 unspecified atom stereocenters. The Labute approximate surface area is 172 Å². The average molecular weight is 412 g/mol. The van der Waals surface area contributed by atoms with Crippen molar-refractivity contribution in [2.24, 2.45) is 0 Å². The molecule has 28 heavy (non-hydrogen) atoms. The lowest BCUT2D eigenvalue weighted by atomic mass is 10.1. The van der Waals surface area contributed by atoms with Gasteiger partial charge in [0.05, 0.1) is 28.0 Å². The molecule has 0 atom stereocenters. The summed E-state index contributed by atoms with van der Waals surface area (Å²) in [4.78, 5) is 18.4. The molecule has 3 rings (SSSR count). The predicted octanol–water partition coefficient (Wildman–Crippen LogP) is 5.55. The first kappa shape index (κ1) is 19.9. The molecule has 0 bridgehead atoms. The Kier molecular flexibility index (Phi) is 5.98. The Balaban J connectivity index is 1.82. The second-order valence-corrected chi connectivity index (χ2v) is 7.56. The quantitative estimate of drug-likeness (QED) is 0.552. The maximum absolute atomic E-state index is 12.4. The van der Waals surface area contributed by atoms with Crippen molar-refractivity contribution in [3.8, 4) is 11.8 Å². The number of thiazole rings is 1. The lowest BCUT2D eigenvalue weighted by molar-refractivity contribution is -0.115. The first-order chi connectivity index (χ1) is 13.4. The van der Waals surface area contributed by atoms with Crippen LogP contribution in [0.3, 0.4) is 0 Å². The number of anilines is 2. The molecule has 0 fully saturated rings. The number of hydrogen-bond acceptors (Lipinski definition) is 5. The number of halogens is 1. The van der Waals surface area contributed by atoms with Crippen LogP contribution in [0, 0.1) is 25.2 Å². The molecule has 5 nitrogen and oxygen atoms in total. The summed E-state index contributed by atoms with van der Waals surface area (Å²) in [5.41, 5.74) is 3.87. The van der Waals surface area contributed by atoms with Crippen molar-refractivity contribution in [2.75, 3.05) is 4.90 Å². The van der Waals surface area contributed by atoms with Gasteiger partial charge in [-0.3, -0.25) is 9.69 Å². The number of amides is 1. The first-order valence-electron chi connectivity index (χ1n) is 8.54. The highest BCUT2D eigenvalue weighted by Crippen LogP contribution is 2.37. The Morgan fingerprint density at radius 3 is 2.61 bits per heavy atom. The largest absolute Gasteiger partial charge is 0.487 e. The lowest BCUT2D eigenvalue weighted by Crippen LogP contribution is -2.24. The molecule has 0 aliphatic heterocycles. The second-order valence-electron chi connectivity index (χ2n) is 6.31. The van der Waals surface area contributed by atoms with Crippen molar-refractivity contribution in [2.45, 2.75) is 27.4 Å². The molecular weight excluding hydrogens is 394 g/mol. The highest BCUT2D eigenvalue weighted by Gasteiger charge is 2.22. The minimum Gasteiger partial charge on any atom is -0.487 e. The summed E-state index contributed by atoms with van der Waals surface area (Å²) < 4.78 is 5.72. The van der Waals surface area contributed by atoms with Gasteiger partial charge in [0, 0.05) is 12.3 Å². The molecule has 7 heteroatoms. The van der Waals surface area contributed by atoms with Gasteiger partial charge in [0.2, 0.25) is 5.91 Å². The van der Waals surface area contributed by atoms with Crippen LogP contribution < -0.4 is 9.64 Å². The summed E-state index contributed by atoms with van der Waals surface area (Å²) in [5, 5.41) is 11.8. The van der Waals surface area contributed by atoms with E-state index in [1.165, 1.54) is 23.2 Å². The molecule has 1 heterocycles. The Morgan fingerprint density at radius 2 is 2.00 bits per heavy atom. The molecule has 0 spiro atoms. The average Bonchev–Trinajstić information content (AvgIpc) is 3.11. The van der Waals surface area contributed by atoms with Gasteiger partial charge in [0.1, 0.15) is 12.4 Å².